The molecular formula is C14H28O4. The molecule has 0 aliphatic heterocycles. The molecule has 18 heavy (non-hydrogen) atoms. The van der Waals surface area contributed by atoms with Gasteiger partial charge in [-0.05, 0) is 40.0 Å². The molecule has 4 nitrogen and oxygen atoms in total. The summed E-state index contributed by atoms with van der Waals surface area (Å²) < 4.78 is 6.09. The van der Waals surface area contributed by atoms with Crippen LogP contribution in [0.3, 0.4) is 0 Å². The molecule has 0 heterocycles. The van der Waals surface area contributed by atoms with E-state index >= 15 is 0 Å². The lowest BCUT2D eigenvalue weighted by Gasteiger charge is -2.50. The maximum atomic E-state index is 10.1. The van der Waals surface area contributed by atoms with Gasteiger partial charge in [0.15, 0.2) is 0 Å². The second kappa shape index (κ2) is 5.87. The highest BCUT2D eigenvalue weighted by atomic mass is 16.5. The van der Waals surface area contributed by atoms with E-state index in [0.29, 0.717) is 12.8 Å². The molecule has 0 saturated heterocycles. The molecule has 1 aliphatic rings. The van der Waals surface area contributed by atoms with Gasteiger partial charge in [-0.25, -0.2) is 0 Å². The minimum atomic E-state index is -0.508. The van der Waals surface area contributed by atoms with Gasteiger partial charge in [0.25, 0.3) is 0 Å². The molecule has 0 radical (unpaired) electrons. The number of aliphatic hydroxyl groups excluding tert-OH is 3. The monoisotopic (exact) mass is 260 g/mol. The summed E-state index contributed by atoms with van der Waals surface area (Å²) in [5.74, 6) is -0.231. The zero-order valence-electron chi connectivity index (χ0n) is 12.0. The molecule has 1 saturated carbocycles. The molecule has 0 aromatic heterocycles. The van der Waals surface area contributed by atoms with E-state index in [1.807, 2.05) is 27.7 Å². The molecule has 0 bridgehead atoms. The quantitative estimate of drug-likeness (QED) is 0.713. The second-order valence-electron chi connectivity index (χ2n) is 6.63. The third-order valence-electron chi connectivity index (χ3n) is 4.11. The van der Waals surface area contributed by atoms with Crippen LogP contribution < -0.4 is 0 Å². The van der Waals surface area contributed by atoms with Crippen molar-refractivity contribution in [1.82, 2.24) is 0 Å². The Bertz CT molecular complexity index is 261. The first kappa shape index (κ1) is 15.9. The Morgan fingerprint density at radius 1 is 1.22 bits per heavy atom. The Morgan fingerprint density at radius 3 is 2.28 bits per heavy atom. The van der Waals surface area contributed by atoms with Crippen LogP contribution >= 0.6 is 0 Å². The number of hydrogen-bond donors (Lipinski definition) is 3. The molecule has 3 N–H and O–H groups in total. The van der Waals surface area contributed by atoms with Crippen LogP contribution in [0.5, 0.6) is 0 Å². The van der Waals surface area contributed by atoms with E-state index in [-0.39, 0.29) is 36.3 Å². The van der Waals surface area contributed by atoms with Gasteiger partial charge in [-0.1, -0.05) is 6.92 Å². The molecule has 1 fully saturated rings. The highest BCUT2D eigenvalue weighted by molar-refractivity contribution is 4.97. The maximum absolute atomic E-state index is 10.1. The average molecular weight is 260 g/mol. The molecule has 4 atom stereocenters. The minimum absolute atomic E-state index is 0.0369. The van der Waals surface area contributed by atoms with Crippen molar-refractivity contribution in [2.75, 3.05) is 13.2 Å². The Hall–Kier alpha value is -0.160. The van der Waals surface area contributed by atoms with Gasteiger partial charge in [0.1, 0.15) is 0 Å². The number of ether oxygens (including phenoxy) is 1. The van der Waals surface area contributed by atoms with Gasteiger partial charge in [0.2, 0.25) is 0 Å². The van der Waals surface area contributed by atoms with Gasteiger partial charge < -0.3 is 20.1 Å². The Balaban J connectivity index is 2.94. The molecule has 0 aromatic carbocycles. The molecule has 0 amide bonds. The molecule has 4 heteroatoms. The number of rotatable bonds is 4. The predicted molar refractivity (Wildman–Crippen MR) is 70.3 cm³/mol. The fraction of sp³-hybridized carbons (Fsp3) is 1.00. The van der Waals surface area contributed by atoms with Crippen LogP contribution in [0.25, 0.3) is 0 Å². The van der Waals surface area contributed by atoms with Crippen LogP contribution in [0.2, 0.25) is 0 Å². The first-order valence-corrected chi connectivity index (χ1v) is 6.82. The van der Waals surface area contributed by atoms with Gasteiger partial charge in [0, 0.05) is 24.5 Å². The van der Waals surface area contributed by atoms with Gasteiger partial charge in [-0.15, -0.1) is 0 Å². The van der Waals surface area contributed by atoms with Gasteiger partial charge in [-0.3, -0.25) is 0 Å². The van der Waals surface area contributed by atoms with Crippen molar-refractivity contribution in [1.29, 1.82) is 0 Å². The summed E-state index contributed by atoms with van der Waals surface area (Å²) in [7, 11) is 0. The Kier molecular flexibility index (Phi) is 5.18. The van der Waals surface area contributed by atoms with Crippen molar-refractivity contribution in [3.8, 4) is 0 Å². The zero-order chi connectivity index (χ0) is 14.0. The summed E-state index contributed by atoms with van der Waals surface area (Å²) in [6, 6.07) is 0. The van der Waals surface area contributed by atoms with Crippen LogP contribution in [0.1, 0.15) is 47.0 Å². The Morgan fingerprint density at radius 2 is 1.83 bits per heavy atom. The van der Waals surface area contributed by atoms with Gasteiger partial charge in [0.05, 0.1) is 17.8 Å². The van der Waals surface area contributed by atoms with E-state index in [9.17, 15) is 15.3 Å². The SMILES string of the molecule is CC(C)(C)O[C@H]1CC[C@H](O)[C@H](CO)[C@]1(C)CCO. The molecular weight excluding hydrogens is 232 g/mol. The van der Waals surface area contributed by atoms with Crippen molar-refractivity contribution in [3.63, 3.8) is 0 Å². The molecule has 0 unspecified atom stereocenters. The largest absolute Gasteiger partial charge is 0.396 e. The van der Waals surface area contributed by atoms with Crippen LogP contribution in [-0.4, -0.2) is 46.3 Å². The van der Waals surface area contributed by atoms with Crippen molar-refractivity contribution in [2.24, 2.45) is 11.3 Å². The first-order chi connectivity index (χ1) is 8.24. The highest BCUT2D eigenvalue weighted by Crippen LogP contribution is 2.46. The number of hydrogen-bond acceptors (Lipinski definition) is 4. The first-order valence-electron chi connectivity index (χ1n) is 6.82. The maximum Gasteiger partial charge on any atom is 0.0642 e. The zero-order valence-corrected chi connectivity index (χ0v) is 12.0. The van der Waals surface area contributed by atoms with Crippen LogP contribution in [0.4, 0.5) is 0 Å². The molecule has 1 rings (SSSR count). The minimum Gasteiger partial charge on any atom is -0.396 e. The summed E-state index contributed by atoms with van der Waals surface area (Å²) in [6.07, 6.45) is 1.41. The Labute approximate surface area is 110 Å². The van der Waals surface area contributed by atoms with Crippen LogP contribution in [0, 0.1) is 11.3 Å². The van der Waals surface area contributed by atoms with Crippen LogP contribution in [-0.2, 0) is 4.74 Å². The summed E-state index contributed by atoms with van der Waals surface area (Å²) in [5.41, 5.74) is -0.641. The average Bonchev–Trinajstić information content (AvgIpc) is 2.22. The lowest BCUT2D eigenvalue weighted by atomic mass is 9.62. The van der Waals surface area contributed by atoms with Crippen molar-refractivity contribution in [2.45, 2.75) is 64.8 Å². The molecule has 1 aliphatic carbocycles. The summed E-state index contributed by atoms with van der Waals surface area (Å²) in [4.78, 5) is 0. The van der Waals surface area contributed by atoms with Crippen molar-refractivity contribution < 1.29 is 20.1 Å². The van der Waals surface area contributed by atoms with Gasteiger partial charge >= 0.3 is 0 Å². The van der Waals surface area contributed by atoms with Crippen LogP contribution in [0.15, 0.2) is 0 Å². The third-order valence-corrected chi connectivity index (χ3v) is 4.11. The van der Waals surface area contributed by atoms with E-state index in [1.165, 1.54) is 0 Å². The number of aliphatic hydroxyl groups is 3. The second-order valence-corrected chi connectivity index (χ2v) is 6.63. The van der Waals surface area contributed by atoms with E-state index in [1.54, 1.807) is 0 Å². The normalized spacial score (nSPS) is 37.8. The van der Waals surface area contributed by atoms with Gasteiger partial charge in [-0.2, -0.15) is 0 Å². The van der Waals surface area contributed by atoms with Crippen molar-refractivity contribution in [3.05, 3.63) is 0 Å². The lowest BCUT2D eigenvalue weighted by Crippen LogP contribution is -2.53. The smallest absolute Gasteiger partial charge is 0.0642 e. The predicted octanol–water partition coefficient (Wildman–Crippen LogP) is 1.32. The molecule has 108 valence electrons. The summed E-state index contributed by atoms with van der Waals surface area (Å²) in [6.45, 7) is 8.00. The van der Waals surface area contributed by atoms with E-state index in [4.69, 9.17) is 4.74 Å². The summed E-state index contributed by atoms with van der Waals surface area (Å²) >= 11 is 0. The van der Waals surface area contributed by atoms with Crippen molar-refractivity contribution >= 4 is 0 Å². The fourth-order valence-corrected chi connectivity index (χ4v) is 3.07. The third kappa shape index (κ3) is 3.44. The molecule has 0 aromatic rings. The fourth-order valence-electron chi connectivity index (χ4n) is 3.07. The highest BCUT2D eigenvalue weighted by Gasteiger charge is 2.48. The van der Waals surface area contributed by atoms with E-state index in [0.717, 1.165) is 6.42 Å². The van der Waals surface area contributed by atoms with E-state index < -0.39 is 6.10 Å². The topological polar surface area (TPSA) is 69.9 Å². The van der Waals surface area contributed by atoms with E-state index in [2.05, 4.69) is 0 Å². The molecule has 0 spiro atoms. The lowest BCUT2D eigenvalue weighted by molar-refractivity contribution is -0.184. The standard InChI is InChI=1S/C14H28O4/c1-13(2,3)18-12-6-5-11(17)10(9-16)14(12,4)7-8-15/h10-12,15-17H,5-9H2,1-4H3/t10-,11-,12-,14-/m0/s1. The summed E-state index contributed by atoms with van der Waals surface area (Å²) in [5, 5.41) is 28.9.